The first-order valence-corrected chi connectivity index (χ1v) is 12.7. The molecule has 0 spiro atoms. The maximum Gasteiger partial charge on any atom is 0.323 e. The van der Waals surface area contributed by atoms with E-state index < -0.39 is 18.6 Å². The van der Waals surface area contributed by atoms with E-state index in [1.54, 1.807) is 12.1 Å². The van der Waals surface area contributed by atoms with Gasteiger partial charge in [0.2, 0.25) is 0 Å². The third kappa shape index (κ3) is 7.23. The molecule has 4 aromatic rings. The Balaban J connectivity index is 1.53. The third-order valence-corrected chi connectivity index (χ3v) is 6.55. The molecule has 1 atom stereocenters. The molecule has 198 valence electrons. The summed E-state index contributed by atoms with van der Waals surface area (Å²) >= 11 is 0. The van der Waals surface area contributed by atoms with E-state index in [-0.39, 0.29) is 13.2 Å². The van der Waals surface area contributed by atoms with Crippen LogP contribution in [0, 0.1) is 18.3 Å². The Bertz CT molecular complexity index is 1460. The maximum absolute atomic E-state index is 11.3. The predicted molar refractivity (Wildman–Crippen MR) is 151 cm³/mol. The van der Waals surface area contributed by atoms with Gasteiger partial charge in [0.1, 0.15) is 18.4 Å². The molecule has 0 amide bonds. The highest BCUT2D eigenvalue weighted by atomic mass is 16.5. The van der Waals surface area contributed by atoms with Gasteiger partial charge in [-0.25, -0.2) is 0 Å². The van der Waals surface area contributed by atoms with Crippen LogP contribution in [0.2, 0.25) is 0 Å². The zero-order valence-corrected chi connectivity index (χ0v) is 21.7. The number of aliphatic carboxylic acids is 1. The molecule has 0 heterocycles. The quantitative estimate of drug-likeness (QED) is 0.201. The Labute approximate surface area is 228 Å². The number of anilines is 1. The van der Waals surface area contributed by atoms with Crippen LogP contribution >= 0.6 is 0 Å². The zero-order valence-electron chi connectivity index (χ0n) is 21.7. The molecule has 0 aliphatic carbocycles. The highest BCUT2D eigenvalue weighted by Crippen LogP contribution is 2.28. The van der Waals surface area contributed by atoms with Crippen LogP contribution in [0.25, 0.3) is 11.1 Å². The van der Waals surface area contributed by atoms with Crippen molar-refractivity contribution >= 4 is 11.7 Å². The van der Waals surface area contributed by atoms with Gasteiger partial charge in [-0.05, 0) is 52.9 Å². The summed E-state index contributed by atoms with van der Waals surface area (Å²) in [6, 6.07) is 30.5. The molecular formula is C32H31N3O4. The lowest BCUT2D eigenvalue weighted by atomic mass is 9.96. The lowest BCUT2D eigenvalue weighted by Gasteiger charge is -2.18. The standard InChI is InChI=1S/C32H31N3O4/c1-22-26(11-6-12-29(22)25-9-3-2-4-10-25)18-34-28-14-13-27(19-35-30(20-36)32(37)38)31(16-28)39-21-24-8-5-7-23(15-24)17-33/h2-16,30,34-36H,18-21H2,1H3,(H,37,38)/t30-/m1/s1. The second-order valence-corrected chi connectivity index (χ2v) is 9.19. The van der Waals surface area contributed by atoms with E-state index >= 15 is 0 Å². The second kappa shape index (κ2) is 13.2. The van der Waals surface area contributed by atoms with E-state index in [9.17, 15) is 20.3 Å². The molecule has 0 unspecified atom stereocenters. The van der Waals surface area contributed by atoms with Crippen LogP contribution in [0.1, 0.15) is 27.8 Å². The smallest absolute Gasteiger partial charge is 0.323 e. The van der Waals surface area contributed by atoms with Crippen molar-refractivity contribution in [2.24, 2.45) is 0 Å². The molecule has 0 saturated heterocycles. The van der Waals surface area contributed by atoms with Crippen molar-refractivity contribution in [2.75, 3.05) is 11.9 Å². The predicted octanol–water partition coefficient (Wildman–Crippen LogP) is 5.26. The summed E-state index contributed by atoms with van der Waals surface area (Å²) in [5, 5.41) is 34.2. The fraction of sp³-hybridized carbons (Fsp3) is 0.188. The number of carboxylic acid groups (broad SMARTS) is 1. The Hall–Kier alpha value is -4.64. The van der Waals surface area contributed by atoms with Gasteiger partial charge in [-0.2, -0.15) is 5.26 Å². The van der Waals surface area contributed by atoms with Crippen LogP contribution in [0.4, 0.5) is 5.69 Å². The van der Waals surface area contributed by atoms with Crippen LogP contribution in [-0.4, -0.2) is 28.8 Å². The van der Waals surface area contributed by atoms with Gasteiger partial charge >= 0.3 is 5.97 Å². The number of nitrogens with one attached hydrogen (secondary N) is 2. The first-order valence-electron chi connectivity index (χ1n) is 12.7. The Morgan fingerprint density at radius 2 is 1.74 bits per heavy atom. The summed E-state index contributed by atoms with van der Waals surface area (Å²) in [4.78, 5) is 11.3. The summed E-state index contributed by atoms with van der Waals surface area (Å²) in [6.07, 6.45) is 0. The van der Waals surface area contributed by atoms with Crippen LogP contribution in [0.15, 0.2) is 91.0 Å². The minimum absolute atomic E-state index is 0.198. The normalized spacial score (nSPS) is 11.4. The van der Waals surface area contributed by atoms with E-state index in [0.717, 1.165) is 16.8 Å². The van der Waals surface area contributed by atoms with Crippen molar-refractivity contribution < 1.29 is 19.7 Å². The summed E-state index contributed by atoms with van der Waals surface area (Å²) < 4.78 is 6.14. The van der Waals surface area contributed by atoms with Crippen molar-refractivity contribution in [1.29, 1.82) is 5.26 Å². The summed E-state index contributed by atoms with van der Waals surface area (Å²) in [6.45, 7) is 2.65. The molecule has 0 aliphatic heterocycles. The summed E-state index contributed by atoms with van der Waals surface area (Å²) in [5.74, 6) is -0.550. The van der Waals surface area contributed by atoms with E-state index in [4.69, 9.17) is 4.74 Å². The fourth-order valence-corrected chi connectivity index (χ4v) is 4.30. The topological polar surface area (TPSA) is 115 Å². The number of benzene rings is 4. The average molecular weight is 522 g/mol. The molecular weight excluding hydrogens is 490 g/mol. The summed E-state index contributed by atoms with van der Waals surface area (Å²) in [7, 11) is 0. The Morgan fingerprint density at radius 1 is 0.949 bits per heavy atom. The Kier molecular flexibility index (Phi) is 9.30. The molecule has 4 rings (SSSR count). The first kappa shape index (κ1) is 27.4. The van der Waals surface area contributed by atoms with Crippen molar-refractivity contribution in [3.8, 4) is 22.9 Å². The van der Waals surface area contributed by atoms with Gasteiger partial charge in [-0.1, -0.05) is 66.7 Å². The van der Waals surface area contributed by atoms with Gasteiger partial charge in [0, 0.05) is 30.4 Å². The average Bonchev–Trinajstić information content (AvgIpc) is 2.97. The third-order valence-electron chi connectivity index (χ3n) is 6.55. The van der Waals surface area contributed by atoms with Gasteiger partial charge in [0.05, 0.1) is 18.2 Å². The van der Waals surface area contributed by atoms with Crippen LogP contribution in [-0.2, 0) is 24.5 Å². The van der Waals surface area contributed by atoms with Crippen molar-refractivity contribution in [3.63, 3.8) is 0 Å². The Morgan fingerprint density at radius 3 is 2.49 bits per heavy atom. The molecule has 0 saturated carbocycles. The minimum atomic E-state index is -1.13. The number of aliphatic hydroxyl groups excluding tert-OH is 1. The van der Waals surface area contributed by atoms with Crippen LogP contribution in [0.3, 0.4) is 0 Å². The molecule has 7 heteroatoms. The molecule has 4 aromatic carbocycles. The van der Waals surface area contributed by atoms with E-state index in [1.807, 2.05) is 48.5 Å². The number of hydrogen-bond acceptors (Lipinski definition) is 6. The van der Waals surface area contributed by atoms with E-state index in [0.29, 0.717) is 17.9 Å². The molecule has 0 aromatic heterocycles. The SMILES string of the molecule is Cc1c(CNc2ccc(CN[C@H](CO)C(=O)O)c(OCc3cccc(C#N)c3)c2)cccc1-c1ccccc1. The fourth-order valence-electron chi connectivity index (χ4n) is 4.30. The van der Waals surface area contributed by atoms with Crippen molar-refractivity contribution in [2.45, 2.75) is 32.7 Å². The number of carbonyl (C=O) groups is 1. The minimum Gasteiger partial charge on any atom is -0.488 e. The zero-order chi connectivity index (χ0) is 27.6. The van der Waals surface area contributed by atoms with Gasteiger partial charge < -0.3 is 20.3 Å². The van der Waals surface area contributed by atoms with Gasteiger partial charge in [-0.3, -0.25) is 10.1 Å². The first-order chi connectivity index (χ1) is 19.0. The highest BCUT2D eigenvalue weighted by Gasteiger charge is 2.16. The molecule has 0 radical (unpaired) electrons. The van der Waals surface area contributed by atoms with Crippen molar-refractivity contribution in [3.05, 3.63) is 119 Å². The monoisotopic (exact) mass is 521 g/mol. The van der Waals surface area contributed by atoms with E-state index in [2.05, 4.69) is 54.0 Å². The number of carboxylic acids is 1. The van der Waals surface area contributed by atoms with Gasteiger partial charge in [0.15, 0.2) is 0 Å². The number of ether oxygens (including phenoxy) is 1. The number of rotatable bonds is 12. The second-order valence-electron chi connectivity index (χ2n) is 9.19. The largest absolute Gasteiger partial charge is 0.488 e. The molecule has 0 aliphatic rings. The number of nitrogens with zero attached hydrogens (tertiary/aromatic N) is 1. The molecule has 7 nitrogen and oxygen atoms in total. The number of hydrogen-bond donors (Lipinski definition) is 4. The van der Waals surface area contributed by atoms with Crippen molar-refractivity contribution in [1.82, 2.24) is 5.32 Å². The van der Waals surface area contributed by atoms with Gasteiger partial charge in [0.25, 0.3) is 0 Å². The maximum atomic E-state index is 11.3. The van der Waals surface area contributed by atoms with Crippen LogP contribution in [0.5, 0.6) is 5.75 Å². The molecule has 0 fully saturated rings. The molecule has 4 N–H and O–H groups in total. The molecule has 39 heavy (non-hydrogen) atoms. The van der Waals surface area contributed by atoms with Gasteiger partial charge in [-0.15, -0.1) is 0 Å². The molecule has 0 bridgehead atoms. The number of aliphatic hydroxyl groups is 1. The lowest BCUT2D eigenvalue weighted by molar-refractivity contribution is -0.140. The number of nitriles is 1. The highest BCUT2D eigenvalue weighted by molar-refractivity contribution is 5.73. The summed E-state index contributed by atoms with van der Waals surface area (Å²) in [5.41, 5.74) is 7.73. The lowest BCUT2D eigenvalue weighted by Crippen LogP contribution is -2.39. The van der Waals surface area contributed by atoms with Crippen LogP contribution < -0.4 is 15.4 Å². The van der Waals surface area contributed by atoms with E-state index in [1.165, 1.54) is 22.3 Å².